The summed E-state index contributed by atoms with van der Waals surface area (Å²) in [5, 5.41) is 3.25. The van der Waals surface area contributed by atoms with Gasteiger partial charge in [-0.05, 0) is 26.3 Å². The van der Waals surface area contributed by atoms with Crippen LogP contribution in [0.5, 0.6) is 0 Å². The molecule has 0 amide bonds. The average molecular weight is 193 g/mol. The number of likely N-dealkylation sites (N-methyl/N-ethyl adjacent to an activating group) is 1. The Kier molecular flexibility index (Phi) is 2.87. The first-order chi connectivity index (χ1) is 6.85. The summed E-state index contributed by atoms with van der Waals surface area (Å²) in [6.07, 6.45) is 5.84. The van der Waals surface area contributed by atoms with Gasteiger partial charge >= 0.3 is 0 Å². The summed E-state index contributed by atoms with van der Waals surface area (Å²) in [7, 11) is 2.02. The number of nitrogens with zero attached hydrogens (tertiary/aromatic N) is 2. The second-order valence-corrected chi connectivity index (χ2v) is 4.03. The number of nitrogens with one attached hydrogen (secondary N) is 1. The van der Waals surface area contributed by atoms with Crippen LogP contribution in [0.3, 0.4) is 0 Å². The van der Waals surface area contributed by atoms with Crippen molar-refractivity contribution >= 4 is 0 Å². The summed E-state index contributed by atoms with van der Waals surface area (Å²) >= 11 is 0. The van der Waals surface area contributed by atoms with Gasteiger partial charge in [-0.25, -0.2) is 4.98 Å². The molecule has 1 aliphatic rings. The number of imidazole rings is 1. The highest BCUT2D eigenvalue weighted by Crippen LogP contribution is 2.26. The van der Waals surface area contributed by atoms with Crippen LogP contribution in [0.1, 0.15) is 37.2 Å². The number of hydrogen-bond acceptors (Lipinski definition) is 2. The molecule has 0 aliphatic carbocycles. The highest BCUT2D eigenvalue weighted by Gasteiger charge is 2.21. The van der Waals surface area contributed by atoms with Gasteiger partial charge in [-0.1, -0.05) is 6.92 Å². The van der Waals surface area contributed by atoms with E-state index in [1.165, 1.54) is 24.4 Å². The first kappa shape index (κ1) is 9.71. The van der Waals surface area contributed by atoms with Crippen molar-refractivity contribution in [3.63, 3.8) is 0 Å². The molecule has 1 atom stereocenters. The summed E-state index contributed by atoms with van der Waals surface area (Å²) in [5.74, 6) is 1.91. The van der Waals surface area contributed by atoms with Crippen LogP contribution in [-0.4, -0.2) is 23.1 Å². The van der Waals surface area contributed by atoms with Gasteiger partial charge in [0.25, 0.3) is 0 Å². The highest BCUT2D eigenvalue weighted by molar-refractivity contribution is 5.10. The molecule has 0 spiro atoms. The molecule has 1 unspecified atom stereocenters. The molecule has 0 bridgehead atoms. The lowest BCUT2D eigenvalue weighted by Gasteiger charge is -2.22. The minimum atomic E-state index is 0.619. The van der Waals surface area contributed by atoms with Crippen molar-refractivity contribution in [3.05, 3.63) is 17.7 Å². The SMILES string of the molecule is CCc1cn2c(n1)C(CNC)CCC2. The molecule has 0 saturated heterocycles. The van der Waals surface area contributed by atoms with Crippen LogP contribution in [0.2, 0.25) is 0 Å². The topological polar surface area (TPSA) is 29.9 Å². The molecule has 3 nitrogen and oxygen atoms in total. The number of aryl methyl sites for hydroxylation is 2. The molecule has 1 N–H and O–H groups in total. The van der Waals surface area contributed by atoms with Crippen LogP contribution in [0.15, 0.2) is 6.20 Å². The van der Waals surface area contributed by atoms with E-state index in [0.29, 0.717) is 5.92 Å². The van der Waals surface area contributed by atoms with E-state index < -0.39 is 0 Å². The Morgan fingerprint density at radius 3 is 3.21 bits per heavy atom. The van der Waals surface area contributed by atoms with Gasteiger partial charge in [0.05, 0.1) is 5.69 Å². The van der Waals surface area contributed by atoms with Gasteiger partial charge < -0.3 is 9.88 Å². The number of rotatable bonds is 3. The molecule has 1 aromatic heterocycles. The predicted octanol–water partition coefficient (Wildman–Crippen LogP) is 1.54. The molecule has 1 aliphatic heterocycles. The predicted molar refractivity (Wildman–Crippen MR) is 57.5 cm³/mol. The molecule has 2 heterocycles. The highest BCUT2D eigenvalue weighted by atomic mass is 15.1. The average Bonchev–Trinajstić information content (AvgIpc) is 2.62. The number of hydrogen-bond donors (Lipinski definition) is 1. The Balaban J connectivity index is 2.24. The van der Waals surface area contributed by atoms with Crippen molar-refractivity contribution in [2.24, 2.45) is 0 Å². The van der Waals surface area contributed by atoms with Crippen molar-refractivity contribution in [1.29, 1.82) is 0 Å². The van der Waals surface area contributed by atoms with E-state index in [2.05, 4.69) is 23.0 Å². The van der Waals surface area contributed by atoms with E-state index in [1.807, 2.05) is 7.05 Å². The minimum absolute atomic E-state index is 0.619. The maximum absolute atomic E-state index is 4.69. The van der Waals surface area contributed by atoms with Crippen LogP contribution < -0.4 is 5.32 Å². The lowest BCUT2D eigenvalue weighted by Crippen LogP contribution is -2.24. The fraction of sp³-hybridized carbons (Fsp3) is 0.727. The zero-order valence-corrected chi connectivity index (χ0v) is 9.08. The van der Waals surface area contributed by atoms with Gasteiger partial charge in [-0.3, -0.25) is 0 Å². The monoisotopic (exact) mass is 193 g/mol. The standard InChI is InChI=1S/C11H19N3/c1-3-10-8-14-6-4-5-9(7-12-2)11(14)13-10/h8-9,12H,3-7H2,1-2H3. The molecule has 0 fully saturated rings. The second-order valence-electron chi connectivity index (χ2n) is 4.03. The first-order valence-electron chi connectivity index (χ1n) is 5.55. The molecule has 2 rings (SSSR count). The number of fused-ring (bicyclic) bond motifs is 1. The van der Waals surface area contributed by atoms with E-state index in [4.69, 9.17) is 4.98 Å². The van der Waals surface area contributed by atoms with E-state index in [1.54, 1.807) is 0 Å². The van der Waals surface area contributed by atoms with E-state index in [9.17, 15) is 0 Å². The van der Waals surface area contributed by atoms with Crippen LogP contribution in [0.4, 0.5) is 0 Å². The third-order valence-electron chi connectivity index (χ3n) is 2.99. The van der Waals surface area contributed by atoms with Gasteiger partial charge in [0, 0.05) is 25.2 Å². The zero-order valence-electron chi connectivity index (χ0n) is 9.08. The smallest absolute Gasteiger partial charge is 0.113 e. The Bertz CT molecular complexity index is 303. The van der Waals surface area contributed by atoms with Crippen molar-refractivity contribution < 1.29 is 0 Å². The molecule has 3 heteroatoms. The summed E-state index contributed by atoms with van der Waals surface area (Å²) in [4.78, 5) is 4.69. The Hall–Kier alpha value is -0.830. The quantitative estimate of drug-likeness (QED) is 0.789. The van der Waals surface area contributed by atoms with Gasteiger partial charge in [-0.2, -0.15) is 0 Å². The van der Waals surface area contributed by atoms with Crippen molar-refractivity contribution in [2.45, 2.75) is 38.6 Å². The van der Waals surface area contributed by atoms with Crippen molar-refractivity contribution in [1.82, 2.24) is 14.9 Å². The fourth-order valence-corrected chi connectivity index (χ4v) is 2.24. The van der Waals surface area contributed by atoms with Crippen LogP contribution in [-0.2, 0) is 13.0 Å². The largest absolute Gasteiger partial charge is 0.334 e. The fourth-order valence-electron chi connectivity index (χ4n) is 2.24. The maximum atomic E-state index is 4.69. The van der Waals surface area contributed by atoms with Crippen LogP contribution in [0, 0.1) is 0 Å². The molecule has 0 radical (unpaired) electrons. The Labute approximate surface area is 85.5 Å². The van der Waals surface area contributed by atoms with E-state index >= 15 is 0 Å². The van der Waals surface area contributed by atoms with Gasteiger partial charge in [0.1, 0.15) is 5.82 Å². The molecule has 0 saturated carbocycles. The lowest BCUT2D eigenvalue weighted by atomic mass is 9.99. The van der Waals surface area contributed by atoms with Crippen molar-refractivity contribution in [2.75, 3.05) is 13.6 Å². The van der Waals surface area contributed by atoms with E-state index in [0.717, 1.165) is 19.5 Å². The third-order valence-corrected chi connectivity index (χ3v) is 2.99. The molecule has 0 aromatic carbocycles. The minimum Gasteiger partial charge on any atom is -0.334 e. The lowest BCUT2D eigenvalue weighted by molar-refractivity contribution is 0.432. The molecule has 14 heavy (non-hydrogen) atoms. The Morgan fingerprint density at radius 2 is 2.50 bits per heavy atom. The van der Waals surface area contributed by atoms with Gasteiger partial charge in [0.15, 0.2) is 0 Å². The molecular formula is C11H19N3. The molecule has 78 valence electrons. The summed E-state index contributed by atoms with van der Waals surface area (Å²) < 4.78 is 2.34. The first-order valence-corrected chi connectivity index (χ1v) is 5.55. The molecular weight excluding hydrogens is 174 g/mol. The van der Waals surface area contributed by atoms with Crippen molar-refractivity contribution in [3.8, 4) is 0 Å². The summed E-state index contributed by atoms with van der Waals surface area (Å²) in [5.41, 5.74) is 1.24. The normalized spacial score (nSPS) is 20.9. The third kappa shape index (κ3) is 1.69. The van der Waals surface area contributed by atoms with Gasteiger partial charge in [-0.15, -0.1) is 0 Å². The summed E-state index contributed by atoms with van der Waals surface area (Å²) in [6.45, 7) is 4.38. The second kappa shape index (κ2) is 4.13. The number of aromatic nitrogens is 2. The van der Waals surface area contributed by atoms with Gasteiger partial charge in [0.2, 0.25) is 0 Å². The van der Waals surface area contributed by atoms with Crippen LogP contribution >= 0.6 is 0 Å². The Morgan fingerprint density at radius 1 is 1.64 bits per heavy atom. The molecule has 1 aromatic rings. The zero-order chi connectivity index (χ0) is 9.97. The van der Waals surface area contributed by atoms with E-state index in [-0.39, 0.29) is 0 Å². The maximum Gasteiger partial charge on any atom is 0.113 e. The van der Waals surface area contributed by atoms with Crippen LogP contribution in [0.25, 0.3) is 0 Å². The summed E-state index contributed by atoms with van der Waals surface area (Å²) in [6, 6.07) is 0.